The average Bonchev–Trinajstić information content (AvgIpc) is 2.99. The Hall–Kier alpha value is -2.08. The summed E-state index contributed by atoms with van der Waals surface area (Å²) in [7, 11) is 0. The van der Waals surface area contributed by atoms with E-state index in [4.69, 9.17) is 0 Å². The van der Waals surface area contributed by atoms with Crippen molar-refractivity contribution >= 4 is 17.7 Å². The van der Waals surface area contributed by atoms with Crippen molar-refractivity contribution in [2.24, 2.45) is 10.8 Å². The van der Waals surface area contributed by atoms with Crippen molar-refractivity contribution in [3.63, 3.8) is 0 Å². The van der Waals surface area contributed by atoms with E-state index >= 15 is 0 Å². The first kappa shape index (κ1) is 22.7. The summed E-state index contributed by atoms with van der Waals surface area (Å²) in [5.41, 5.74) is 12.9. The number of benzene rings is 2. The number of allylic oxidation sites excluding steroid dienone is 2. The molecule has 0 amide bonds. The van der Waals surface area contributed by atoms with Gasteiger partial charge in [0.2, 0.25) is 0 Å². The fraction of sp³-hybridized carbons (Fsp3) is 0.515. The lowest BCUT2D eigenvalue weighted by Gasteiger charge is -2.37. The number of hydrogen-bond donors (Lipinski definition) is 0. The Kier molecular flexibility index (Phi) is 4.64. The fourth-order valence-electron chi connectivity index (χ4n) is 6.53. The van der Waals surface area contributed by atoms with Gasteiger partial charge in [-0.05, 0) is 108 Å². The highest BCUT2D eigenvalue weighted by Crippen LogP contribution is 2.50. The molecule has 0 heteroatoms. The van der Waals surface area contributed by atoms with Gasteiger partial charge in [-0.25, -0.2) is 0 Å². The molecule has 0 aliphatic heterocycles. The maximum absolute atomic E-state index is 2.58. The average molecular weight is 439 g/mol. The van der Waals surface area contributed by atoms with E-state index in [0.29, 0.717) is 0 Å². The van der Waals surface area contributed by atoms with Gasteiger partial charge < -0.3 is 0 Å². The Bertz CT molecular complexity index is 1320. The van der Waals surface area contributed by atoms with Gasteiger partial charge >= 0.3 is 0 Å². The van der Waals surface area contributed by atoms with E-state index in [1.54, 1.807) is 11.1 Å². The van der Waals surface area contributed by atoms with Crippen LogP contribution in [0.15, 0.2) is 24.3 Å². The van der Waals surface area contributed by atoms with Crippen LogP contribution in [0.1, 0.15) is 110 Å². The van der Waals surface area contributed by atoms with Crippen LogP contribution >= 0.6 is 0 Å². The van der Waals surface area contributed by atoms with Gasteiger partial charge in [0.25, 0.3) is 0 Å². The van der Waals surface area contributed by atoms with Gasteiger partial charge in [-0.1, -0.05) is 93.5 Å². The van der Waals surface area contributed by atoms with Gasteiger partial charge in [0.15, 0.2) is 0 Å². The van der Waals surface area contributed by atoms with Crippen LogP contribution in [0, 0.1) is 10.8 Å². The van der Waals surface area contributed by atoms with E-state index in [0.717, 1.165) is 19.3 Å². The van der Waals surface area contributed by atoms with Gasteiger partial charge in [0, 0.05) is 0 Å². The molecule has 0 heterocycles. The summed E-state index contributed by atoms with van der Waals surface area (Å²) < 4.78 is 0. The fourth-order valence-corrected chi connectivity index (χ4v) is 6.53. The summed E-state index contributed by atoms with van der Waals surface area (Å²) in [5.74, 6) is 0. The Morgan fingerprint density at radius 3 is 2.06 bits per heavy atom. The second kappa shape index (κ2) is 6.74. The van der Waals surface area contributed by atoms with Crippen molar-refractivity contribution in [3.05, 3.63) is 62.5 Å². The van der Waals surface area contributed by atoms with Crippen molar-refractivity contribution < 1.29 is 0 Å². The maximum atomic E-state index is 2.58. The topological polar surface area (TPSA) is 0 Å². The van der Waals surface area contributed by atoms with Crippen molar-refractivity contribution in [2.45, 2.75) is 99.3 Å². The predicted octanol–water partition coefficient (Wildman–Crippen LogP) is 7.66. The number of rotatable bonds is 0. The normalized spacial score (nSPS) is 20.0. The van der Waals surface area contributed by atoms with E-state index < -0.39 is 0 Å². The quantitative estimate of drug-likeness (QED) is 0.338. The first-order valence-electron chi connectivity index (χ1n) is 12.9. The molecule has 0 fully saturated rings. The molecule has 33 heavy (non-hydrogen) atoms. The monoisotopic (exact) mass is 438 g/mol. The Morgan fingerprint density at radius 2 is 1.42 bits per heavy atom. The molecule has 0 spiro atoms. The van der Waals surface area contributed by atoms with Crippen LogP contribution in [0.25, 0.3) is 28.9 Å². The molecule has 0 saturated carbocycles. The molecule has 0 unspecified atom stereocenters. The minimum Gasteiger partial charge on any atom is -0.0793 e. The molecular weight excluding hydrogens is 396 g/mol. The lowest BCUT2D eigenvalue weighted by molar-refractivity contribution is 0.503. The molecule has 2 aromatic rings. The second-order valence-electron chi connectivity index (χ2n) is 14.3. The van der Waals surface area contributed by atoms with E-state index in [-0.39, 0.29) is 21.7 Å². The molecule has 5 rings (SSSR count). The largest absolute Gasteiger partial charge is 0.0793 e. The number of fused-ring (bicyclic) bond motifs is 5. The molecular formula is C33H42. The molecule has 0 aromatic heterocycles. The van der Waals surface area contributed by atoms with Crippen molar-refractivity contribution in [1.82, 2.24) is 0 Å². The van der Waals surface area contributed by atoms with E-state index in [9.17, 15) is 0 Å². The summed E-state index contributed by atoms with van der Waals surface area (Å²) in [6.07, 6.45) is 10.9. The Labute approximate surface area is 201 Å². The highest BCUT2D eigenvalue weighted by Gasteiger charge is 2.36. The Morgan fingerprint density at radius 1 is 0.727 bits per heavy atom. The van der Waals surface area contributed by atoms with Crippen LogP contribution in [-0.2, 0) is 17.3 Å². The van der Waals surface area contributed by atoms with Crippen LogP contribution < -0.4 is 10.4 Å². The van der Waals surface area contributed by atoms with E-state index in [1.165, 1.54) is 43.8 Å². The van der Waals surface area contributed by atoms with E-state index in [2.05, 4.69) is 106 Å². The zero-order chi connectivity index (χ0) is 24.1. The molecule has 0 nitrogen and oxygen atoms in total. The molecule has 174 valence electrons. The van der Waals surface area contributed by atoms with Crippen molar-refractivity contribution in [2.75, 3.05) is 0 Å². The molecule has 2 aromatic carbocycles. The van der Waals surface area contributed by atoms with Gasteiger partial charge in [0.05, 0.1) is 0 Å². The second-order valence-corrected chi connectivity index (χ2v) is 14.3. The summed E-state index contributed by atoms with van der Waals surface area (Å²) in [5, 5.41) is 2.93. The van der Waals surface area contributed by atoms with Crippen LogP contribution in [0.2, 0.25) is 0 Å². The van der Waals surface area contributed by atoms with Crippen molar-refractivity contribution in [1.29, 1.82) is 0 Å². The predicted molar refractivity (Wildman–Crippen MR) is 145 cm³/mol. The third kappa shape index (κ3) is 3.56. The van der Waals surface area contributed by atoms with Gasteiger partial charge in [-0.2, -0.15) is 0 Å². The molecule has 0 atom stereocenters. The van der Waals surface area contributed by atoms with Gasteiger partial charge in [-0.3, -0.25) is 0 Å². The highest BCUT2D eigenvalue weighted by molar-refractivity contribution is 5.85. The highest BCUT2D eigenvalue weighted by atomic mass is 14.4. The van der Waals surface area contributed by atoms with Crippen LogP contribution in [0.4, 0.5) is 0 Å². The molecule has 0 saturated heterocycles. The standard InChI is InChI=1S/C33H42/c1-30(2,3)27-12-14-33(9,10)28-18-23-20(16-26(27)28)15-25-24(23)17-21-19-32(7,8)13-11-22(21)29(25)31(4,5)6/h11-12,16-19H,13-15H2,1-10H3. The third-order valence-electron chi connectivity index (χ3n) is 8.18. The zero-order valence-corrected chi connectivity index (χ0v) is 22.6. The summed E-state index contributed by atoms with van der Waals surface area (Å²) in [6.45, 7) is 23.8. The van der Waals surface area contributed by atoms with Crippen molar-refractivity contribution in [3.8, 4) is 11.1 Å². The summed E-state index contributed by atoms with van der Waals surface area (Å²) in [6, 6.07) is 7.66. The maximum Gasteiger partial charge on any atom is -0.00101 e. The van der Waals surface area contributed by atoms with E-state index in [1.807, 2.05) is 0 Å². The van der Waals surface area contributed by atoms with Crippen LogP contribution in [0.3, 0.4) is 0 Å². The minimum atomic E-state index is 0.124. The lowest BCUT2D eigenvalue weighted by Crippen LogP contribution is -2.39. The molecule has 3 aliphatic carbocycles. The van der Waals surface area contributed by atoms with Crippen LogP contribution in [0.5, 0.6) is 0 Å². The first-order valence-corrected chi connectivity index (χ1v) is 12.9. The van der Waals surface area contributed by atoms with Gasteiger partial charge in [0.1, 0.15) is 0 Å². The molecule has 3 aliphatic rings. The SMILES string of the molecule is CC1(C)C=c2cc3c(c(C(C)(C)C)c2=CC1)Cc1cc2c(cc1-3)C(C)(C)CC=C2C(C)(C)C. The molecule has 0 radical (unpaired) electrons. The summed E-state index contributed by atoms with van der Waals surface area (Å²) in [4.78, 5) is 0. The third-order valence-corrected chi connectivity index (χ3v) is 8.18. The Balaban J connectivity index is 1.82. The lowest BCUT2D eigenvalue weighted by atomic mass is 9.67. The summed E-state index contributed by atoms with van der Waals surface area (Å²) >= 11 is 0. The van der Waals surface area contributed by atoms with Crippen LogP contribution in [-0.4, -0.2) is 0 Å². The molecule has 0 bridgehead atoms. The zero-order valence-electron chi connectivity index (χ0n) is 22.6. The minimum absolute atomic E-state index is 0.124. The smallest absolute Gasteiger partial charge is 0.00101 e. The molecule has 0 N–H and O–H groups in total. The first-order chi connectivity index (χ1) is 15.1. The number of hydrogen-bond acceptors (Lipinski definition) is 0. The van der Waals surface area contributed by atoms with Gasteiger partial charge in [-0.15, -0.1) is 0 Å².